The van der Waals surface area contributed by atoms with Gasteiger partial charge in [0.25, 0.3) is 0 Å². The molecule has 0 bridgehead atoms. The van der Waals surface area contributed by atoms with Crippen molar-refractivity contribution in [2.24, 2.45) is 11.7 Å². The molecule has 2 aliphatic rings. The summed E-state index contributed by atoms with van der Waals surface area (Å²) in [4.78, 5) is 2.76. The van der Waals surface area contributed by atoms with E-state index >= 15 is 0 Å². The van der Waals surface area contributed by atoms with Gasteiger partial charge in [-0.05, 0) is 38.1 Å². The van der Waals surface area contributed by atoms with Gasteiger partial charge in [0.2, 0.25) is 0 Å². The third kappa shape index (κ3) is 5.90. The van der Waals surface area contributed by atoms with Gasteiger partial charge in [-0.2, -0.15) is 0 Å². The Bertz CT molecular complexity index is 266. The molecule has 0 radical (unpaired) electrons. The molecule has 1 saturated heterocycles. The largest absolute Gasteiger partial charge is 0.326 e. The van der Waals surface area contributed by atoms with E-state index in [-0.39, 0.29) is 0 Å². The molecule has 2 nitrogen and oxygen atoms in total. The highest BCUT2D eigenvalue weighted by Crippen LogP contribution is 2.27. The Labute approximate surface area is 132 Å². The van der Waals surface area contributed by atoms with E-state index in [0.717, 1.165) is 5.92 Å². The lowest BCUT2D eigenvalue weighted by molar-refractivity contribution is 0.180. The van der Waals surface area contributed by atoms with Crippen molar-refractivity contribution < 1.29 is 0 Å². The van der Waals surface area contributed by atoms with E-state index in [0.29, 0.717) is 12.1 Å². The Balaban J connectivity index is 1.86. The molecule has 0 aromatic heterocycles. The van der Waals surface area contributed by atoms with E-state index in [1.165, 1.54) is 96.6 Å². The molecule has 1 aliphatic heterocycles. The maximum atomic E-state index is 6.62. The van der Waals surface area contributed by atoms with Crippen LogP contribution >= 0.6 is 0 Å². The Hall–Kier alpha value is -0.0800. The molecule has 21 heavy (non-hydrogen) atoms. The predicted octanol–water partition coefficient (Wildman–Crippen LogP) is 4.72. The van der Waals surface area contributed by atoms with Crippen molar-refractivity contribution in [3.05, 3.63) is 0 Å². The summed E-state index contributed by atoms with van der Waals surface area (Å²) >= 11 is 0. The Morgan fingerprint density at radius 3 is 2.14 bits per heavy atom. The molecule has 2 rings (SSSR count). The molecule has 1 aliphatic carbocycles. The second-order valence-corrected chi connectivity index (χ2v) is 7.58. The number of rotatable bonds is 3. The lowest BCUT2D eigenvalue weighted by Crippen LogP contribution is -2.47. The van der Waals surface area contributed by atoms with Gasteiger partial charge in [-0.1, -0.05) is 64.7 Å². The monoisotopic (exact) mass is 294 g/mol. The van der Waals surface area contributed by atoms with Crippen LogP contribution < -0.4 is 5.73 Å². The lowest BCUT2D eigenvalue weighted by atomic mass is 9.93. The molecule has 2 heteroatoms. The zero-order valence-electron chi connectivity index (χ0n) is 14.4. The molecule has 1 saturated carbocycles. The van der Waals surface area contributed by atoms with Gasteiger partial charge in [0.15, 0.2) is 0 Å². The molecular weight excluding hydrogens is 256 g/mol. The van der Waals surface area contributed by atoms with Gasteiger partial charge in [0.1, 0.15) is 0 Å². The molecule has 124 valence electrons. The van der Waals surface area contributed by atoms with Crippen molar-refractivity contribution in [2.75, 3.05) is 13.1 Å². The van der Waals surface area contributed by atoms with Gasteiger partial charge in [-0.3, -0.25) is 4.90 Å². The van der Waals surface area contributed by atoms with Crippen LogP contribution in [0.15, 0.2) is 0 Å². The maximum Gasteiger partial charge on any atom is 0.0247 e. The van der Waals surface area contributed by atoms with Crippen molar-refractivity contribution in [1.82, 2.24) is 4.90 Å². The third-order valence-corrected chi connectivity index (χ3v) is 5.76. The zero-order chi connectivity index (χ0) is 14.9. The molecule has 0 amide bonds. The van der Waals surface area contributed by atoms with Crippen LogP contribution in [0.25, 0.3) is 0 Å². The zero-order valence-corrected chi connectivity index (χ0v) is 14.4. The highest BCUT2D eigenvalue weighted by Gasteiger charge is 2.30. The van der Waals surface area contributed by atoms with Crippen LogP contribution in [-0.4, -0.2) is 30.1 Å². The summed E-state index contributed by atoms with van der Waals surface area (Å²) in [6, 6.07) is 1.09. The van der Waals surface area contributed by atoms with Gasteiger partial charge in [-0.25, -0.2) is 0 Å². The van der Waals surface area contributed by atoms with Crippen LogP contribution in [0.3, 0.4) is 0 Å². The Kier molecular flexibility index (Phi) is 8.10. The van der Waals surface area contributed by atoms with Crippen molar-refractivity contribution in [2.45, 2.75) is 102 Å². The SMILES string of the molecule is CCCC1CCN(C2CCCCCCCCCCC2N)C1. The first-order chi connectivity index (χ1) is 10.3. The summed E-state index contributed by atoms with van der Waals surface area (Å²) in [5, 5.41) is 0. The quantitative estimate of drug-likeness (QED) is 0.816. The summed E-state index contributed by atoms with van der Waals surface area (Å²) in [7, 11) is 0. The van der Waals surface area contributed by atoms with Gasteiger partial charge in [0, 0.05) is 18.6 Å². The summed E-state index contributed by atoms with van der Waals surface area (Å²) < 4.78 is 0. The molecule has 0 aromatic carbocycles. The fraction of sp³-hybridized carbons (Fsp3) is 1.00. The number of nitrogens with zero attached hydrogens (tertiary/aromatic N) is 1. The summed E-state index contributed by atoms with van der Waals surface area (Å²) in [5.41, 5.74) is 6.62. The minimum atomic E-state index is 0.421. The first-order valence-corrected chi connectivity index (χ1v) is 9.81. The number of hydrogen-bond acceptors (Lipinski definition) is 2. The summed E-state index contributed by atoms with van der Waals surface area (Å²) in [5.74, 6) is 0.948. The minimum absolute atomic E-state index is 0.421. The van der Waals surface area contributed by atoms with E-state index in [4.69, 9.17) is 5.73 Å². The van der Waals surface area contributed by atoms with Gasteiger partial charge >= 0.3 is 0 Å². The first-order valence-electron chi connectivity index (χ1n) is 9.81. The molecule has 1 heterocycles. The Morgan fingerprint density at radius 1 is 0.857 bits per heavy atom. The van der Waals surface area contributed by atoms with Crippen LogP contribution in [0.1, 0.15) is 90.4 Å². The van der Waals surface area contributed by atoms with E-state index in [2.05, 4.69) is 11.8 Å². The average molecular weight is 295 g/mol. The predicted molar refractivity (Wildman–Crippen MR) is 92.5 cm³/mol. The molecule has 3 unspecified atom stereocenters. The molecule has 2 N–H and O–H groups in total. The number of nitrogens with two attached hydrogens (primary N) is 1. The van der Waals surface area contributed by atoms with Crippen molar-refractivity contribution in [3.8, 4) is 0 Å². The van der Waals surface area contributed by atoms with Crippen molar-refractivity contribution >= 4 is 0 Å². The van der Waals surface area contributed by atoms with Crippen LogP contribution in [0.2, 0.25) is 0 Å². The highest BCUT2D eigenvalue weighted by molar-refractivity contribution is 4.87. The van der Waals surface area contributed by atoms with Crippen molar-refractivity contribution in [1.29, 1.82) is 0 Å². The smallest absolute Gasteiger partial charge is 0.0247 e. The standard InChI is InChI=1S/C19H38N2/c1-2-11-17-14-15-21(16-17)19-13-10-8-6-4-3-5-7-9-12-18(19)20/h17-19H,2-16,20H2,1H3. The van der Waals surface area contributed by atoms with E-state index in [9.17, 15) is 0 Å². The molecule has 0 spiro atoms. The number of hydrogen-bond donors (Lipinski definition) is 1. The second-order valence-electron chi connectivity index (χ2n) is 7.58. The molecule has 0 aromatic rings. The highest BCUT2D eigenvalue weighted by atomic mass is 15.2. The molecular formula is C19H38N2. The van der Waals surface area contributed by atoms with Gasteiger partial charge in [0.05, 0.1) is 0 Å². The average Bonchev–Trinajstić information content (AvgIpc) is 2.91. The second kappa shape index (κ2) is 9.84. The minimum Gasteiger partial charge on any atom is -0.326 e. The topological polar surface area (TPSA) is 29.3 Å². The summed E-state index contributed by atoms with van der Waals surface area (Å²) in [6.45, 7) is 4.96. The lowest BCUT2D eigenvalue weighted by Gasteiger charge is -2.33. The van der Waals surface area contributed by atoms with E-state index in [1.807, 2.05) is 0 Å². The molecule has 3 atom stereocenters. The van der Waals surface area contributed by atoms with E-state index < -0.39 is 0 Å². The fourth-order valence-corrected chi connectivity index (χ4v) is 4.46. The van der Waals surface area contributed by atoms with Gasteiger partial charge < -0.3 is 5.73 Å². The van der Waals surface area contributed by atoms with Crippen LogP contribution in [-0.2, 0) is 0 Å². The normalized spacial score (nSPS) is 34.3. The number of likely N-dealkylation sites (tertiary alicyclic amines) is 1. The van der Waals surface area contributed by atoms with Crippen molar-refractivity contribution in [3.63, 3.8) is 0 Å². The van der Waals surface area contributed by atoms with Crippen LogP contribution in [0.5, 0.6) is 0 Å². The van der Waals surface area contributed by atoms with Crippen LogP contribution in [0.4, 0.5) is 0 Å². The van der Waals surface area contributed by atoms with E-state index in [1.54, 1.807) is 0 Å². The first kappa shape index (κ1) is 17.3. The molecule has 2 fully saturated rings. The fourth-order valence-electron chi connectivity index (χ4n) is 4.46. The van der Waals surface area contributed by atoms with Gasteiger partial charge in [-0.15, -0.1) is 0 Å². The third-order valence-electron chi connectivity index (χ3n) is 5.76. The van der Waals surface area contributed by atoms with Crippen LogP contribution in [0, 0.1) is 5.92 Å². The maximum absolute atomic E-state index is 6.62. The Morgan fingerprint density at radius 2 is 1.48 bits per heavy atom. The summed E-state index contributed by atoms with van der Waals surface area (Å²) in [6.07, 6.45) is 18.1.